The van der Waals surface area contributed by atoms with Crippen LogP contribution in [-0.2, 0) is 16.2 Å². The van der Waals surface area contributed by atoms with Crippen LogP contribution in [0.15, 0.2) is 17.3 Å². The predicted octanol–water partition coefficient (Wildman–Crippen LogP) is 1.29. The average Bonchev–Trinajstić information content (AvgIpc) is 2.98. The van der Waals surface area contributed by atoms with Gasteiger partial charge in [0.25, 0.3) is 10.0 Å². The first-order valence-electron chi connectivity index (χ1n) is 4.94. The third-order valence-electron chi connectivity index (χ3n) is 2.23. The zero-order chi connectivity index (χ0) is 13.6. The van der Waals surface area contributed by atoms with Crippen LogP contribution in [0.4, 0.5) is 13.2 Å². The number of sulfonamides is 1. The van der Waals surface area contributed by atoms with Crippen LogP contribution in [0.5, 0.6) is 5.75 Å². The first-order chi connectivity index (χ1) is 8.18. The van der Waals surface area contributed by atoms with Crippen molar-refractivity contribution in [1.29, 1.82) is 0 Å². The molecule has 0 aliphatic heterocycles. The molecule has 100 valence electrons. The quantitative estimate of drug-likeness (QED) is 0.905. The van der Waals surface area contributed by atoms with E-state index >= 15 is 0 Å². The number of ether oxygens (including phenoxy) is 1. The molecule has 0 aromatic carbocycles. The molecule has 0 atom stereocenters. The number of aromatic nitrogens is 1. The minimum atomic E-state index is -4.62. The SMILES string of the molecule is NS(=O)(=O)c1ncc(C(F)(F)F)cc1OC1CC1. The molecule has 0 saturated heterocycles. The Hall–Kier alpha value is -1.35. The minimum absolute atomic E-state index is 0.268. The third-order valence-corrected chi connectivity index (χ3v) is 3.08. The number of alkyl halides is 3. The van der Waals surface area contributed by atoms with E-state index in [0.29, 0.717) is 25.1 Å². The van der Waals surface area contributed by atoms with Gasteiger partial charge < -0.3 is 4.74 Å². The van der Waals surface area contributed by atoms with Gasteiger partial charge in [0.05, 0.1) is 11.7 Å². The summed E-state index contributed by atoms with van der Waals surface area (Å²) < 4.78 is 64.9. The lowest BCUT2D eigenvalue weighted by atomic mass is 10.3. The summed E-state index contributed by atoms with van der Waals surface area (Å²) in [6.07, 6.45) is -3.14. The van der Waals surface area contributed by atoms with E-state index < -0.39 is 32.5 Å². The molecular weight excluding hydrogens is 273 g/mol. The smallest absolute Gasteiger partial charge is 0.418 e. The highest BCUT2D eigenvalue weighted by molar-refractivity contribution is 7.89. The predicted molar refractivity (Wildman–Crippen MR) is 54.3 cm³/mol. The van der Waals surface area contributed by atoms with Crippen molar-refractivity contribution < 1.29 is 26.3 Å². The number of hydrogen-bond donors (Lipinski definition) is 1. The molecule has 18 heavy (non-hydrogen) atoms. The van der Waals surface area contributed by atoms with Gasteiger partial charge in [0.2, 0.25) is 5.03 Å². The number of nitrogens with two attached hydrogens (primary N) is 1. The number of pyridine rings is 1. The van der Waals surface area contributed by atoms with Crippen LogP contribution in [-0.4, -0.2) is 19.5 Å². The molecule has 1 saturated carbocycles. The van der Waals surface area contributed by atoms with Crippen LogP contribution in [0.2, 0.25) is 0 Å². The fraction of sp³-hybridized carbons (Fsp3) is 0.444. The molecule has 2 rings (SSSR count). The molecule has 0 bridgehead atoms. The summed E-state index contributed by atoms with van der Waals surface area (Å²) in [7, 11) is -4.22. The van der Waals surface area contributed by atoms with E-state index in [-0.39, 0.29) is 6.10 Å². The van der Waals surface area contributed by atoms with E-state index in [9.17, 15) is 21.6 Å². The molecule has 1 aliphatic rings. The molecule has 0 spiro atoms. The summed E-state index contributed by atoms with van der Waals surface area (Å²) in [4.78, 5) is 3.24. The maximum Gasteiger partial charge on any atom is 0.418 e. The molecule has 1 aromatic rings. The summed E-state index contributed by atoms with van der Waals surface area (Å²) in [5, 5.41) is 4.18. The summed E-state index contributed by atoms with van der Waals surface area (Å²) in [5.74, 6) is -0.449. The molecule has 5 nitrogen and oxygen atoms in total. The molecular formula is C9H9F3N2O3S. The van der Waals surface area contributed by atoms with E-state index in [2.05, 4.69) is 4.98 Å². The lowest BCUT2D eigenvalue weighted by Crippen LogP contribution is -2.17. The van der Waals surface area contributed by atoms with Crippen molar-refractivity contribution in [1.82, 2.24) is 4.98 Å². The second-order valence-corrected chi connectivity index (χ2v) is 5.36. The molecule has 1 aromatic heterocycles. The molecule has 9 heteroatoms. The Morgan fingerprint density at radius 3 is 2.44 bits per heavy atom. The van der Waals surface area contributed by atoms with E-state index in [1.807, 2.05) is 0 Å². The van der Waals surface area contributed by atoms with Gasteiger partial charge in [0, 0.05) is 6.20 Å². The summed E-state index contributed by atoms with van der Waals surface area (Å²) in [6, 6.07) is 0.602. The zero-order valence-corrected chi connectivity index (χ0v) is 9.75. The third kappa shape index (κ3) is 2.91. The molecule has 0 radical (unpaired) electrons. The van der Waals surface area contributed by atoms with Crippen molar-refractivity contribution >= 4 is 10.0 Å². The van der Waals surface area contributed by atoms with E-state index in [0.717, 1.165) is 0 Å². The Labute approximate surface area is 101 Å². The van der Waals surface area contributed by atoms with Crippen LogP contribution in [0.25, 0.3) is 0 Å². The molecule has 1 aliphatic carbocycles. The van der Waals surface area contributed by atoms with E-state index in [4.69, 9.17) is 9.88 Å². The first kappa shape index (κ1) is 13.1. The highest BCUT2D eigenvalue weighted by atomic mass is 32.2. The van der Waals surface area contributed by atoms with Gasteiger partial charge in [-0.25, -0.2) is 18.5 Å². The van der Waals surface area contributed by atoms with E-state index in [1.54, 1.807) is 0 Å². The standard InChI is InChI=1S/C9H9F3N2O3S/c10-9(11,12)5-3-7(17-6-1-2-6)8(14-4-5)18(13,15)16/h3-4,6H,1-2H2,(H2,13,15,16). The van der Waals surface area contributed by atoms with Gasteiger partial charge in [-0.15, -0.1) is 0 Å². The number of primary sulfonamides is 1. The van der Waals surface area contributed by atoms with Crippen molar-refractivity contribution in [3.8, 4) is 5.75 Å². The Balaban J connectivity index is 2.47. The van der Waals surface area contributed by atoms with Gasteiger partial charge in [0.1, 0.15) is 0 Å². The zero-order valence-electron chi connectivity index (χ0n) is 8.94. The van der Waals surface area contributed by atoms with Crippen LogP contribution in [0.1, 0.15) is 18.4 Å². The summed E-state index contributed by atoms with van der Waals surface area (Å²) >= 11 is 0. The van der Waals surface area contributed by atoms with Crippen LogP contribution in [0, 0.1) is 0 Å². The highest BCUT2D eigenvalue weighted by Crippen LogP contribution is 2.35. The van der Waals surface area contributed by atoms with Crippen molar-refractivity contribution in [3.05, 3.63) is 17.8 Å². The summed E-state index contributed by atoms with van der Waals surface area (Å²) in [5.41, 5.74) is -1.08. The Morgan fingerprint density at radius 1 is 1.39 bits per heavy atom. The van der Waals surface area contributed by atoms with Gasteiger partial charge in [-0.3, -0.25) is 0 Å². The highest BCUT2D eigenvalue weighted by Gasteiger charge is 2.34. The fourth-order valence-electron chi connectivity index (χ4n) is 1.25. The fourth-order valence-corrected chi connectivity index (χ4v) is 1.84. The lowest BCUT2D eigenvalue weighted by molar-refractivity contribution is -0.138. The topological polar surface area (TPSA) is 82.3 Å². The van der Waals surface area contributed by atoms with Gasteiger partial charge in [-0.1, -0.05) is 0 Å². The lowest BCUT2D eigenvalue weighted by Gasteiger charge is -2.12. The van der Waals surface area contributed by atoms with Gasteiger partial charge in [-0.05, 0) is 18.9 Å². The van der Waals surface area contributed by atoms with Gasteiger partial charge in [-0.2, -0.15) is 13.2 Å². The number of hydrogen-bond acceptors (Lipinski definition) is 4. The van der Waals surface area contributed by atoms with E-state index in [1.165, 1.54) is 0 Å². The van der Waals surface area contributed by atoms with Crippen molar-refractivity contribution in [2.24, 2.45) is 5.14 Å². The van der Waals surface area contributed by atoms with Crippen molar-refractivity contribution in [3.63, 3.8) is 0 Å². The van der Waals surface area contributed by atoms with Crippen LogP contribution >= 0.6 is 0 Å². The maximum absolute atomic E-state index is 12.5. The Kier molecular flexibility index (Phi) is 2.98. The first-order valence-corrected chi connectivity index (χ1v) is 6.49. The second-order valence-electron chi connectivity index (χ2n) is 3.89. The Morgan fingerprint density at radius 2 is 2.00 bits per heavy atom. The monoisotopic (exact) mass is 282 g/mol. The maximum atomic E-state index is 12.5. The molecule has 0 amide bonds. The molecule has 1 heterocycles. The number of nitrogens with zero attached hydrogens (tertiary/aromatic N) is 1. The molecule has 2 N–H and O–H groups in total. The van der Waals surface area contributed by atoms with Crippen LogP contribution in [0.3, 0.4) is 0 Å². The molecule has 1 fully saturated rings. The number of rotatable bonds is 3. The van der Waals surface area contributed by atoms with Gasteiger partial charge in [0.15, 0.2) is 5.75 Å². The average molecular weight is 282 g/mol. The minimum Gasteiger partial charge on any atom is -0.487 e. The Bertz CT molecular complexity index is 567. The molecule has 0 unspecified atom stereocenters. The number of halogens is 3. The van der Waals surface area contributed by atoms with Gasteiger partial charge >= 0.3 is 6.18 Å². The van der Waals surface area contributed by atoms with Crippen molar-refractivity contribution in [2.75, 3.05) is 0 Å². The van der Waals surface area contributed by atoms with Crippen LogP contribution < -0.4 is 9.88 Å². The van der Waals surface area contributed by atoms with Crippen molar-refractivity contribution in [2.45, 2.75) is 30.1 Å². The normalized spacial score (nSPS) is 16.7. The second kappa shape index (κ2) is 4.09. The summed E-state index contributed by atoms with van der Waals surface area (Å²) in [6.45, 7) is 0. The largest absolute Gasteiger partial charge is 0.487 e.